The summed E-state index contributed by atoms with van der Waals surface area (Å²) < 4.78 is 0. The molecule has 0 amide bonds. The molecule has 0 saturated carbocycles. The SMILES string of the molecule is Cc1cc([C@@H](N)C(C)C)ccc1Cl. The summed E-state index contributed by atoms with van der Waals surface area (Å²) in [7, 11) is 0. The molecule has 0 aliphatic heterocycles. The van der Waals surface area contributed by atoms with Gasteiger partial charge in [-0.3, -0.25) is 0 Å². The zero-order chi connectivity index (χ0) is 10.0. The molecule has 1 aromatic carbocycles. The minimum absolute atomic E-state index is 0.107. The fourth-order valence-electron chi connectivity index (χ4n) is 1.26. The minimum Gasteiger partial charge on any atom is -0.324 e. The average molecular weight is 198 g/mol. The van der Waals surface area contributed by atoms with Crippen LogP contribution in [0.25, 0.3) is 0 Å². The van der Waals surface area contributed by atoms with E-state index in [0.717, 1.165) is 16.1 Å². The molecule has 1 aromatic rings. The summed E-state index contributed by atoms with van der Waals surface area (Å²) in [5, 5.41) is 0.805. The smallest absolute Gasteiger partial charge is 0.0435 e. The van der Waals surface area contributed by atoms with Crippen molar-refractivity contribution < 1.29 is 0 Å². The number of halogens is 1. The monoisotopic (exact) mass is 197 g/mol. The summed E-state index contributed by atoms with van der Waals surface area (Å²) in [5.41, 5.74) is 8.27. The molecule has 0 bridgehead atoms. The lowest BCUT2D eigenvalue weighted by Gasteiger charge is -2.16. The predicted molar refractivity (Wildman–Crippen MR) is 58.0 cm³/mol. The first-order valence-corrected chi connectivity index (χ1v) is 4.92. The van der Waals surface area contributed by atoms with Crippen LogP contribution in [-0.2, 0) is 0 Å². The van der Waals surface area contributed by atoms with E-state index in [1.54, 1.807) is 0 Å². The van der Waals surface area contributed by atoms with E-state index in [1.807, 2.05) is 19.1 Å². The van der Waals surface area contributed by atoms with E-state index in [2.05, 4.69) is 19.9 Å². The Labute approximate surface area is 84.9 Å². The van der Waals surface area contributed by atoms with E-state index >= 15 is 0 Å². The second kappa shape index (κ2) is 4.12. The standard InChI is InChI=1S/C11H16ClN/c1-7(2)11(13)9-4-5-10(12)8(3)6-9/h4-7,11H,13H2,1-3H3/t11-/m0/s1. The molecule has 2 heteroatoms. The van der Waals surface area contributed by atoms with Gasteiger partial charge in [-0.05, 0) is 30.0 Å². The number of hydrogen-bond acceptors (Lipinski definition) is 1. The molecule has 2 N–H and O–H groups in total. The van der Waals surface area contributed by atoms with Gasteiger partial charge in [0.2, 0.25) is 0 Å². The van der Waals surface area contributed by atoms with Crippen LogP contribution in [0.2, 0.25) is 5.02 Å². The van der Waals surface area contributed by atoms with Crippen LogP contribution in [0.1, 0.15) is 31.0 Å². The van der Waals surface area contributed by atoms with Crippen molar-refractivity contribution in [3.05, 3.63) is 34.3 Å². The van der Waals surface area contributed by atoms with E-state index in [1.165, 1.54) is 0 Å². The Morgan fingerprint density at radius 3 is 2.38 bits per heavy atom. The molecule has 0 aliphatic carbocycles. The lowest BCUT2D eigenvalue weighted by atomic mass is 9.96. The van der Waals surface area contributed by atoms with E-state index in [-0.39, 0.29) is 6.04 Å². The Morgan fingerprint density at radius 1 is 1.31 bits per heavy atom. The summed E-state index contributed by atoms with van der Waals surface area (Å²) >= 11 is 5.92. The van der Waals surface area contributed by atoms with E-state index in [0.29, 0.717) is 5.92 Å². The van der Waals surface area contributed by atoms with Crippen molar-refractivity contribution in [1.29, 1.82) is 0 Å². The van der Waals surface area contributed by atoms with E-state index in [4.69, 9.17) is 17.3 Å². The molecule has 13 heavy (non-hydrogen) atoms. The second-order valence-corrected chi connectivity index (χ2v) is 4.19. The molecular formula is C11H16ClN. The molecule has 0 aliphatic rings. The van der Waals surface area contributed by atoms with Gasteiger partial charge in [0.15, 0.2) is 0 Å². The highest BCUT2D eigenvalue weighted by Crippen LogP contribution is 2.23. The number of benzene rings is 1. The summed E-state index contributed by atoms with van der Waals surface area (Å²) in [4.78, 5) is 0. The highest BCUT2D eigenvalue weighted by atomic mass is 35.5. The molecule has 0 unspecified atom stereocenters. The molecule has 72 valence electrons. The number of aryl methyl sites for hydroxylation is 1. The van der Waals surface area contributed by atoms with Crippen LogP contribution in [0.4, 0.5) is 0 Å². The summed E-state index contributed by atoms with van der Waals surface area (Å²) in [6, 6.07) is 6.08. The van der Waals surface area contributed by atoms with Gasteiger partial charge in [-0.25, -0.2) is 0 Å². The zero-order valence-electron chi connectivity index (χ0n) is 8.34. The third-order valence-corrected chi connectivity index (χ3v) is 2.71. The average Bonchev–Trinajstić information content (AvgIpc) is 2.08. The van der Waals surface area contributed by atoms with Gasteiger partial charge >= 0.3 is 0 Å². The Morgan fingerprint density at radius 2 is 1.92 bits per heavy atom. The molecule has 1 nitrogen and oxygen atoms in total. The molecule has 1 atom stereocenters. The third kappa shape index (κ3) is 2.45. The van der Waals surface area contributed by atoms with E-state index < -0.39 is 0 Å². The molecule has 0 saturated heterocycles. The topological polar surface area (TPSA) is 26.0 Å². The van der Waals surface area contributed by atoms with Gasteiger partial charge in [-0.1, -0.05) is 37.6 Å². The van der Waals surface area contributed by atoms with Gasteiger partial charge in [-0.15, -0.1) is 0 Å². The fraction of sp³-hybridized carbons (Fsp3) is 0.455. The van der Waals surface area contributed by atoms with Gasteiger partial charge in [0.1, 0.15) is 0 Å². The Hall–Kier alpha value is -0.530. The van der Waals surface area contributed by atoms with Crippen molar-refractivity contribution in [1.82, 2.24) is 0 Å². The summed E-state index contributed by atoms with van der Waals surface area (Å²) in [6.45, 7) is 6.24. The van der Waals surface area contributed by atoms with Crippen molar-refractivity contribution in [2.45, 2.75) is 26.8 Å². The number of nitrogens with two attached hydrogens (primary N) is 1. The third-order valence-electron chi connectivity index (χ3n) is 2.29. The second-order valence-electron chi connectivity index (χ2n) is 3.78. The van der Waals surface area contributed by atoms with Crippen molar-refractivity contribution in [3.63, 3.8) is 0 Å². The zero-order valence-corrected chi connectivity index (χ0v) is 9.10. The molecule has 0 fully saturated rings. The molecule has 0 heterocycles. The van der Waals surface area contributed by atoms with Crippen LogP contribution < -0.4 is 5.73 Å². The highest BCUT2D eigenvalue weighted by molar-refractivity contribution is 6.31. The van der Waals surface area contributed by atoms with Crippen LogP contribution in [0, 0.1) is 12.8 Å². The first kappa shape index (κ1) is 10.6. The molecule has 1 rings (SSSR count). The van der Waals surface area contributed by atoms with Gasteiger partial charge in [-0.2, -0.15) is 0 Å². The van der Waals surface area contributed by atoms with Crippen LogP contribution in [-0.4, -0.2) is 0 Å². The maximum absolute atomic E-state index is 6.01. The Bertz CT molecular complexity index is 294. The lowest BCUT2D eigenvalue weighted by Crippen LogP contribution is -2.16. The molecule has 0 radical (unpaired) electrons. The maximum Gasteiger partial charge on any atom is 0.0435 e. The lowest BCUT2D eigenvalue weighted by molar-refractivity contribution is 0.514. The van der Waals surface area contributed by atoms with Crippen molar-refractivity contribution in [2.24, 2.45) is 11.7 Å². The van der Waals surface area contributed by atoms with Crippen molar-refractivity contribution in [2.75, 3.05) is 0 Å². The molecule has 0 spiro atoms. The Kier molecular flexibility index (Phi) is 3.34. The van der Waals surface area contributed by atoms with Gasteiger partial charge < -0.3 is 5.73 Å². The summed E-state index contributed by atoms with van der Waals surface area (Å²) in [5.74, 6) is 0.459. The minimum atomic E-state index is 0.107. The first-order chi connectivity index (χ1) is 6.02. The largest absolute Gasteiger partial charge is 0.324 e. The highest BCUT2D eigenvalue weighted by Gasteiger charge is 2.10. The Balaban J connectivity index is 2.97. The molecule has 0 aromatic heterocycles. The number of hydrogen-bond donors (Lipinski definition) is 1. The first-order valence-electron chi connectivity index (χ1n) is 4.54. The van der Waals surface area contributed by atoms with Crippen LogP contribution >= 0.6 is 11.6 Å². The predicted octanol–water partition coefficient (Wildman–Crippen LogP) is 3.30. The molecular weight excluding hydrogens is 182 g/mol. The normalized spacial score (nSPS) is 13.4. The van der Waals surface area contributed by atoms with Gasteiger partial charge in [0.25, 0.3) is 0 Å². The quantitative estimate of drug-likeness (QED) is 0.774. The van der Waals surface area contributed by atoms with Crippen LogP contribution in [0.15, 0.2) is 18.2 Å². The maximum atomic E-state index is 6.01. The van der Waals surface area contributed by atoms with E-state index in [9.17, 15) is 0 Å². The van der Waals surface area contributed by atoms with Gasteiger partial charge in [0.05, 0.1) is 0 Å². The fourth-order valence-corrected chi connectivity index (χ4v) is 1.38. The summed E-state index contributed by atoms with van der Waals surface area (Å²) in [6.07, 6.45) is 0. The van der Waals surface area contributed by atoms with Gasteiger partial charge in [0, 0.05) is 11.1 Å². The van der Waals surface area contributed by atoms with Crippen molar-refractivity contribution >= 4 is 11.6 Å². The van der Waals surface area contributed by atoms with Crippen molar-refractivity contribution in [3.8, 4) is 0 Å². The van der Waals surface area contributed by atoms with Crippen LogP contribution in [0.3, 0.4) is 0 Å². The number of rotatable bonds is 2. The van der Waals surface area contributed by atoms with Crippen LogP contribution in [0.5, 0.6) is 0 Å².